The van der Waals surface area contributed by atoms with Gasteiger partial charge in [-0.15, -0.1) is 11.6 Å². The van der Waals surface area contributed by atoms with E-state index < -0.39 is 0 Å². The molecule has 0 saturated heterocycles. The number of halogens is 1. The van der Waals surface area contributed by atoms with Crippen molar-refractivity contribution in [3.8, 4) is 0 Å². The molecule has 1 heteroatoms. The van der Waals surface area contributed by atoms with E-state index in [9.17, 15) is 0 Å². The Kier molecular flexibility index (Phi) is 1.04. The molecule has 0 aliphatic heterocycles. The van der Waals surface area contributed by atoms with Crippen LogP contribution >= 0.6 is 11.6 Å². The van der Waals surface area contributed by atoms with Gasteiger partial charge in [0.1, 0.15) is 0 Å². The zero-order valence-electron chi connectivity index (χ0n) is 4.94. The van der Waals surface area contributed by atoms with Crippen molar-refractivity contribution in [1.82, 2.24) is 0 Å². The molecule has 1 unspecified atom stereocenters. The molecule has 2 aliphatic rings. The predicted octanol–water partition coefficient (Wildman–Crippen LogP) is 2.41. The van der Waals surface area contributed by atoms with Crippen molar-refractivity contribution in [2.75, 3.05) is 0 Å². The van der Waals surface area contributed by atoms with Gasteiger partial charge in [0.15, 0.2) is 0 Å². The minimum Gasteiger partial charge on any atom is -0.123 e. The van der Waals surface area contributed by atoms with E-state index >= 15 is 0 Å². The number of alkyl halides is 1. The van der Waals surface area contributed by atoms with Gasteiger partial charge in [-0.05, 0) is 24.7 Å². The highest BCUT2D eigenvalue weighted by atomic mass is 35.5. The Morgan fingerprint density at radius 1 is 1.25 bits per heavy atom. The highest BCUT2D eigenvalue weighted by molar-refractivity contribution is 6.21. The summed E-state index contributed by atoms with van der Waals surface area (Å²) in [7, 11) is 0. The highest BCUT2D eigenvalue weighted by Crippen LogP contribution is 2.51. The maximum Gasteiger partial charge on any atom is 0.0367 e. The molecule has 0 radical (unpaired) electrons. The molecule has 0 N–H and O–H groups in total. The zero-order valence-corrected chi connectivity index (χ0v) is 5.69. The van der Waals surface area contributed by atoms with Crippen LogP contribution in [0.4, 0.5) is 0 Å². The van der Waals surface area contributed by atoms with Crippen LogP contribution in [0.15, 0.2) is 0 Å². The van der Waals surface area contributed by atoms with Crippen LogP contribution in [-0.4, -0.2) is 5.38 Å². The molecule has 2 fully saturated rings. The van der Waals surface area contributed by atoms with E-state index in [2.05, 4.69) is 0 Å². The van der Waals surface area contributed by atoms with Crippen molar-refractivity contribution in [3.05, 3.63) is 0 Å². The Hall–Kier alpha value is 0.290. The second kappa shape index (κ2) is 1.63. The van der Waals surface area contributed by atoms with Gasteiger partial charge in [-0.1, -0.05) is 12.8 Å². The molecule has 3 atom stereocenters. The lowest BCUT2D eigenvalue weighted by Gasteiger charge is -2.13. The lowest BCUT2D eigenvalue weighted by atomic mass is 10.0. The van der Waals surface area contributed by atoms with Crippen LogP contribution < -0.4 is 0 Å². The van der Waals surface area contributed by atoms with E-state index in [-0.39, 0.29) is 0 Å². The van der Waals surface area contributed by atoms with Gasteiger partial charge in [-0.3, -0.25) is 0 Å². The lowest BCUT2D eigenvalue weighted by molar-refractivity contribution is 0.486. The number of fused-ring (bicyclic) bond motifs is 1. The number of rotatable bonds is 0. The normalized spacial score (nSPS) is 52.9. The first-order chi connectivity index (χ1) is 3.88. The number of hydrogen-bond acceptors (Lipinski definition) is 0. The second-order valence-electron chi connectivity index (χ2n) is 3.11. The Bertz CT molecular complexity index is 101. The van der Waals surface area contributed by atoms with Gasteiger partial charge in [0.25, 0.3) is 0 Å². The van der Waals surface area contributed by atoms with Crippen LogP contribution in [0.25, 0.3) is 0 Å². The van der Waals surface area contributed by atoms with E-state index in [0.29, 0.717) is 5.38 Å². The summed E-state index contributed by atoms with van der Waals surface area (Å²) in [5.74, 6) is 1.98. The molecular formula is C7H11Cl. The summed E-state index contributed by atoms with van der Waals surface area (Å²) in [6, 6.07) is 0. The van der Waals surface area contributed by atoms with E-state index in [1.165, 1.54) is 25.7 Å². The molecule has 0 heterocycles. The quantitative estimate of drug-likeness (QED) is 0.442. The summed E-state index contributed by atoms with van der Waals surface area (Å²) in [6.45, 7) is 0. The molecule has 0 amide bonds. The van der Waals surface area contributed by atoms with Crippen LogP contribution in [0, 0.1) is 11.8 Å². The first-order valence-corrected chi connectivity index (χ1v) is 3.95. The van der Waals surface area contributed by atoms with Gasteiger partial charge >= 0.3 is 0 Å². The SMILES string of the molecule is ClC1CCC[C@H]2C[C@@H]12. The average Bonchev–Trinajstić information content (AvgIpc) is 2.45. The fourth-order valence-electron chi connectivity index (χ4n) is 1.84. The standard InChI is InChI=1S/C7H11Cl/c8-7-3-1-2-5-4-6(5)7/h5-7H,1-4H2/t5-,6+,7?/m0/s1. The van der Waals surface area contributed by atoms with E-state index in [1.54, 1.807) is 0 Å². The third-order valence-electron chi connectivity index (χ3n) is 2.50. The van der Waals surface area contributed by atoms with Gasteiger partial charge in [0.2, 0.25) is 0 Å². The summed E-state index contributed by atoms with van der Waals surface area (Å²) in [5.41, 5.74) is 0. The largest absolute Gasteiger partial charge is 0.123 e. The van der Waals surface area contributed by atoms with Gasteiger partial charge in [-0.2, -0.15) is 0 Å². The molecule has 0 aromatic rings. The molecule has 0 spiro atoms. The molecule has 0 aromatic carbocycles. The molecule has 2 rings (SSSR count). The van der Waals surface area contributed by atoms with Gasteiger partial charge < -0.3 is 0 Å². The van der Waals surface area contributed by atoms with Crippen molar-refractivity contribution in [2.45, 2.75) is 31.1 Å². The Labute approximate surface area is 55.2 Å². The maximum atomic E-state index is 6.01. The third-order valence-corrected chi connectivity index (χ3v) is 3.04. The lowest BCUT2D eigenvalue weighted by Crippen LogP contribution is -2.07. The average molecular weight is 131 g/mol. The summed E-state index contributed by atoms with van der Waals surface area (Å²) in [5, 5.41) is 0.550. The molecule has 8 heavy (non-hydrogen) atoms. The van der Waals surface area contributed by atoms with Gasteiger partial charge in [0, 0.05) is 5.38 Å². The summed E-state index contributed by atoms with van der Waals surface area (Å²) in [4.78, 5) is 0. The van der Waals surface area contributed by atoms with Gasteiger partial charge in [-0.25, -0.2) is 0 Å². The second-order valence-corrected chi connectivity index (χ2v) is 3.67. The van der Waals surface area contributed by atoms with Crippen molar-refractivity contribution in [1.29, 1.82) is 0 Å². The molecule has 0 aromatic heterocycles. The zero-order chi connectivity index (χ0) is 5.56. The Morgan fingerprint density at radius 3 is 2.75 bits per heavy atom. The van der Waals surface area contributed by atoms with Crippen molar-refractivity contribution in [2.24, 2.45) is 11.8 Å². The fraction of sp³-hybridized carbons (Fsp3) is 1.00. The smallest absolute Gasteiger partial charge is 0.0367 e. The van der Waals surface area contributed by atoms with Crippen LogP contribution in [-0.2, 0) is 0 Å². The molecule has 0 bridgehead atoms. The third kappa shape index (κ3) is 0.663. The first-order valence-electron chi connectivity index (χ1n) is 3.52. The molecular weight excluding hydrogens is 120 g/mol. The van der Waals surface area contributed by atoms with Crippen molar-refractivity contribution >= 4 is 11.6 Å². The van der Waals surface area contributed by atoms with Crippen LogP contribution in [0.5, 0.6) is 0 Å². The fourth-order valence-corrected chi connectivity index (χ4v) is 2.30. The van der Waals surface area contributed by atoms with Crippen LogP contribution in [0.2, 0.25) is 0 Å². The van der Waals surface area contributed by atoms with Crippen molar-refractivity contribution < 1.29 is 0 Å². The summed E-state index contributed by atoms with van der Waals surface area (Å²) < 4.78 is 0. The maximum absolute atomic E-state index is 6.01. The van der Waals surface area contributed by atoms with Crippen LogP contribution in [0.3, 0.4) is 0 Å². The summed E-state index contributed by atoms with van der Waals surface area (Å²) in [6.07, 6.45) is 5.57. The molecule has 2 saturated carbocycles. The van der Waals surface area contributed by atoms with E-state index in [0.717, 1.165) is 11.8 Å². The summed E-state index contributed by atoms with van der Waals surface area (Å²) >= 11 is 6.01. The van der Waals surface area contributed by atoms with E-state index in [4.69, 9.17) is 11.6 Å². The van der Waals surface area contributed by atoms with Crippen molar-refractivity contribution in [3.63, 3.8) is 0 Å². The molecule has 0 nitrogen and oxygen atoms in total. The first kappa shape index (κ1) is 5.10. The predicted molar refractivity (Wildman–Crippen MR) is 35.1 cm³/mol. The van der Waals surface area contributed by atoms with Crippen LogP contribution in [0.1, 0.15) is 25.7 Å². The van der Waals surface area contributed by atoms with E-state index in [1.807, 2.05) is 0 Å². The van der Waals surface area contributed by atoms with Gasteiger partial charge in [0.05, 0.1) is 0 Å². The highest BCUT2D eigenvalue weighted by Gasteiger charge is 2.44. The topological polar surface area (TPSA) is 0 Å². The molecule has 2 aliphatic carbocycles. The Balaban J connectivity index is 1.99. The monoisotopic (exact) mass is 130 g/mol. The minimum absolute atomic E-state index is 0.550. The molecule has 46 valence electrons. The Morgan fingerprint density at radius 2 is 2.12 bits per heavy atom. The number of hydrogen-bond donors (Lipinski definition) is 0. The minimum atomic E-state index is 0.550.